The summed E-state index contributed by atoms with van der Waals surface area (Å²) in [6, 6.07) is 6.28. The first kappa shape index (κ1) is 16.2. The van der Waals surface area contributed by atoms with Crippen LogP contribution in [0.5, 0.6) is 0 Å². The molecule has 0 bridgehead atoms. The second-order valence-electron chi connectivity index (χ2n) is 4.90. The summed E-state index contributed by atoms with van der Waals surface area (Å²) in [4.78, 5) is 13.8. The topological polar surface area (TPSA) is 29.5 Å². The van der Waals surface area contributed by atoms with Crippen LogP contribution >= 0.6 is 15.9 Å². The molecular formula is C15H22BrNO2. The van der Waals surface area contributed by atoms with Crippen molar-refractivity contribution < 1.29 is 9.53 Å². The normalized spacial score (nSPS) is 12.5. The molecule has 0 aliphatic carbocycles. The second-order valence-corrected chi connectivity index (χ2v) is 5.81. The SMILES string of the molecule is CCC(CN(C)Cc1cc(Br)ccc1C)C(=O)OC. The van der Waals surface area contributed by atoms with Gasteiger partial charge in [-0.25, -0.2) is 0 Å². The zero-order valence-corrected chi connectivity index (χ0v) is 13.7. The van der Waals surface area contributed by atoms with Crippen molar-refractivity contribution in [2.24, 2.45) is 5.92 Å². The van der Waals surface area contributed by atoms with Crippen LogP contribution in [0.15, 0.2) is 22.7 Å². The molecule has 19 heavy (non-hydrogen) atoms. The number of hydrogen-bond acceptors (Lipinski definition) is 3. The summed E-state index contributed by atoms with van der Waals surface area (Å²) >= 11 is 3.49. The lowest BCUT2D eigenvalue weighted by molar-refractivity contribution is -0.146. The molecule has 1 aromatic carbocycles. The number of carbonyl (C=O) groups is 1. The summed E-state index contributed by atoms with van der Waals surface area (Å²) in [5.41, 5.74) is 2.54. The largest absolute Gasteiger partial charge is 0.469 e. The highest BCUT2D eigenvalue weighted by atomic mass is 79.9. The molecule has 0 amide bonds. The van der Waals surface area contributed by atoms with E-state index < -0.39 is 0 Å². The second kappa shape index (κ2) is 7.65. The number of methoxy groups -OCH3 is 1. The van der Waals surface area contributed by atoms with Gasteiger partial charge in [-0.1, -0.05) is 28.9 Å². The molecule has 0 saturated heterocycles. The van der Waals surface area contributed by atoms with Crippen LogP contribution < -0.4 is 0 Å². The highest BCUT2D eigenvalue weighted by Gasteiger charge is 2.19. The Morgan fingerprint density at radius 1 is 1.47 bits per heavy atom. The zero-order chi connectivity index (χ0) is 14.4. The third-order valence-corrected chi connectivity index (χ3v) is 3.80. The maximum Gasteiger partial charge on any atom is 0.309 e. The maximum absolute atomic E-state index is 11.6. The summed E-state index contributed by atoms with van der Waals surface area (Å²) < 4.78 is 5.91. The molecule has 0 radical (unpaired) electrons. The van der Waals surface area contributed by atoms with Crippen LogP contribution in [0.3, 0.4) is 0 Å². The molecule has 0 aliphatic rings. The molecule has 3 nitrogen and oxygen atoms in total. The van der Waals surface area contributed by atoms with Gasteiger partial charge in [-0.2, -0.15) is 0 Å². The Labute approximate surface area is 124 Å². The third kappa shape index (κ3) is 4.96. The van der Waals surface area contributed by atoms with Gasteiger partial charge in [0.25, 0.3) is 0 Å². The van der Waals surface area contributed by atoms with Crippen molar-refractivity contribution in [3.05, 3.63) is 33.8 Å². The average molecular weight is 328 g/mol. The van der Waals surface area contributed by atoms with E-state index in [0.717, 1.165) is 24.0 Å². The molecule has 4 heteroatoms. The van der Waals surface area contributed by atoms with Crippen molar-refractivity contribution >= 4 is 21.9 Å². The van der Waals surface area contributed by atoms with Crippen molar-refractivity contribution in [1.82, 2.24) is 4.90 Å². The molecule has 1 unspecified atom stereocenters. The molecule has 0 aromatic heterocycles. The fraction of sp³-hybridized carbons (Fsp3) is 0.533. The van der Waals surface area contributed by atoms with E-state index in [9.17, 15) is 4.79 Å². The smallest absolute Gasteiger partial charge is 0.309 e. The molecule has 0 saturated carbocycles. The highest BCUT2D eigenvalue weighted by Crippen LogP contribution is 2.18. The molecule has 0 aliphatic heterocycles. The van der Waals surface area contributed by atoms with Crippen molar-refractivity contribution in [3.63, 3.8) is 0 Å². The van der Waals surface area contributed by atoms with E-state index in [4.69, 9.17) is 4.74 Å². The van der Waals surface area contributed by atoms with Gasteiger partial charge in [0.05, 0.1) is 13.0 Å². The quantitative estimate of drug-likeness (QED) is 0.750. The van der Waals surface area contributed by atoms with Gasteiger partial charge in [0.15, 0.2) is 0 Å². The minimum Gasteiger partial charge on any atom is -0.469 e. The Morgan fingerprint density at radius 2 is 2.16 bits per heavy atom. The lowest BCUT2D eigenvalue weighted by Crippen LogP contribution is -2.30. The molecule has 1 atom stereocenters. The van der Waals surface area contributed by atoms with E-state index in [1.807, 2.05) is 20.0 Å². The van der Waals surface area contributed by atoms with Crippen molar-refractivity contribution in [2.75, 3.05) is 20.7 Å². The first-order valence-corrected chi connectivity index (χ1v) is 7.28. The van der Waals surface area contributed by atoms with Gasteiger partial charge in [-0.15, -0.1) is 0 Å². The van der Waals surface area contributed by atoms with Crippen LogP contribution in [-0.4, -0.2) is 31.6 Å². The number of aryl methyl sites for hydroxylation is 1. The Morgan fingerprint density at radius 3 is 2.74 bits per heavy atom. The van der Waals surface area contributed by atoms with Gasteiger partial charge >= 0.3 is 5.97 Å². The molecule has 1 rings (SSSR count). The molecule has 0 fully saturated rings. The number of ether oxygens (including phenoxy) is 1. The number of carbonyl (C=O) groups excluding carboxylic acids is 1. The number of hydrogen-bond donors (Lipinski definition) is 0. The lowest BCUT2D eigenvalue weighted by atomic mass is 10.1. The fourth-order valence-corrected chi connectivity index (χ4v) is 2.49. The fourth-order valence-electron chi connectivity index (χ4n) is 2.08. The van der Waals surface area contributed by atoms with Gasteiger partial charge in [-0.05, 0) is 43.7 Å². The highest BCUT2D eigenvalue weighted by molar-refractivity contribution is 9.10. The molecule has 0 N–H and O–H groups in total. The number of rotatable bonds is 6. The van der Waals surface area contributed by atoms with Crippen LogP contribution in [0.2, 0.25) is 0 Å². The molecular weight excluding hydrogens is 306 g/mol. The summed E-state index contributed by atoms with van der Waals surface area (Å²) in [5.74, 6) is -0.178. The molecule has 0 spiro atoms. The molecule has 0 heterocycles. The first-order valence-electron chi connectivity index (χ1n) is 6.49. The van der Waals surface area contributed by atoms with E-state index in [1.165, 1.54) is 18.2 Å². The summed E-state index contributed by atoms with van der Waals surface area (Å²) in [7, 11) is 3.48. The van der Waals surface area contributed by atoms with Gasteiger partial charge in [0.1, 0.15) is 0 Å². The Kier molecular flexibility index (Phi) is 6.52. The maximum atomic E-state index is 11.6. The first-order chi connectivity index (χ1) is 8.97. The number of nitrogens with zero attached hydrogens (tertiary/aromatic N) is 1. The van der Waals surface area contributed by atoms with E-state index in [2.05, 4.69) is 39.9 Å². The third-order valence-electron chi connectivity index (χ3n) is 3.31. The Balaban J connectivity index is 2.66. The Hall–Kier alpha value is -0.870. The van der Waals surface area contributed by atoms with Gasteiger partial charge in [0.2, 0.25) is 0 Å². The predicted octanol–water partition coefficient (Wildman–Crippen LogP) is 3.39. The minimum atomic E-state index is -0.125. The summed E-state index contributed by atoms with van der Waals surface area (Å²) in [5, 5.41) is 0. The predicted molar refractivity (Wildman–Crippen MR) is 81.0 cm³/mol. The van der Waals surface area contributed by atoms with Gasteiger partial charge < -0.3 is 9.64 Å². The summed E-state index contributed by atoms with van der Waals surface area (Å²) in [6.07, 6.45) is 0.800. The average Bonchev–Trinajstić information content (AvgIpc) is 2.39. The van der Waals surface area contributed by atoms with Gasteiger partial charge in [-0.3, -0.25) is 4.79 Å². The van der Waals surface area contributed by atoms with Crippen LogP contribution in [0.1, 0.15) is 24.5 Å². The number of halogens is 1. The Bertz CT molecular complexity index is 434. The van der Waals surface area contributed by atoms with E-state index >= 15 is 0 Å². The van der Waals surface area contributed by atoms with Crippen molar-refractivity contribution in [2.45, 2.75) is 26.8 Å². The zero-order valence-electron chi connectivity index (χ0n) is 12.1. The van der Waals surface area contributed by atoms with Crippen LogP contribution in [-0.2, 0) is 16.1 Å². The monoisotopic (exact) mass is 327 g/mol. The van der Waals surface area contributed by atoms with E-state index in [-0.39, 0.29) is 11.9 Å². The van der Waals surface area contributed by atoms with Crippen LogP contribution in [0.25, 0.3) is 0 Å². The van der Waals surface area contributed by atoms with Gasteiger partial charge in [0, 0.05) is 17.6 Å². The molecule has 1 aromatic rings. The standard InChI is InChI=1S/C15H22BrNO2/c1-5-12(15(18)19-4)9-17(3)10-13-8-14(16)7-6-11(13)2/h6-8,12H,5,9-10H2,1-4H3. The minimum absolute atomic E-state index is 0.0533. The van der Waals surface area contributed by atoms with Crippen molar-refractivity contribution in [1.29, 1.82) is 0 Å². The molecule has 106 valence electrons. The van der Waals surface area contributed by atoms with E-state index in [1.54, 1.807) is 0 Å². The van der Waals surface area contributed by atoms with Crippen LogP contribution in [0, 0.1) is 12.8 Å². The number of benzene rings is 1. The van der Waals surface area contributed by atoms with E-state index in [0.29, 0.717) is 0 Å². The summed E-state index contributed by atoms with van der Waals surface area (Å²) in [6.45, 7) is 5.67. The lowest BCUT2D eigenvalue weighted by Gasteiger charge is -2.22. The van der Waals surface area contributed by atoms with Crippen LogP contribution in [0.4, 0.5) is 0 Å². The number of esters is 1. The van der Waals surface area contributed by atoms with Crippen molar-refractivity contribution in [3.8, 4) is 0 Å².